The van der Waals surface area contributed by atoms with Crippen LogP contribution in [0.5, 0.6) is 0 Å². The maximum Gasteiger partial charge on any atom is 0.306 e. The maximum atomic E-state index is 12.8. The van der Waals surface area contributed by atoms with Crippen LogP contribution in [-0.2, 0) is 28.6 Å². The third kappa shape index (κ3) is 47.1. The summed E-state index contributed by atoms with van der Waals surface area (Å²) in [4.78, 5) is 37.9. The van der Waals surface area contributed by atoms with Gasteiger partial charge in [0.2, 0.25) is 0 Å². The summed E-state index contributed by atoms with van der Waals surface area (Å²) in [5.74, 6) is -0.983. The van der Waals surface area contributed by atoms with E-state index < -0.39 is 6.10 Å². The molecule has 0 amide bonds. The Labute approximate surface area is 380 Å². The Kier molecular flexibility index (Phi) is 46.6. The number of esters is 3. The first-order chi connectivity index (χ1) is 30.5. The average Bonchev–Trinajstić information content (AvgIpc) is 3.27. The highest BCUT2D eigenvalue weighted by Crippen LogP contribution is 2.13. The van der Waals surface area contributed by atoms with Gasteiger partial charge in [0.15, 0.2) is 6.10 Å². The van der Waals surface area contributed by atoms with E-state index in [1.165, 1.54) is 57.8 Å². The van der Waals surface area contributed by atoms with Gasteiger partial charge in [0.05, 0.1) is 0 Å². The van der Waals surface area contributed by atoms with Crippen molar-refractivity contribution in [3.63, 3.8) is 0 Å². The topological polar surface area (TPSA) is 78.9 Å². The molecule has 0 rings (SSSR count). The highest BCUT2D eigenvalue weighted by atomic mass is 16.6. The molecule has 0 radical (unpaired) electrons. The van der Waals surface area contributed by atoms with E-state index in [1.807, 2.05) is 36.5 Å². The molecule has 1 atom stereocenters. The molecule has 1 unspecified atom stereocenters. The van der Waals surface area contributed by atoms with Gasteiger partial charge in [-0.3, -0.25) is 14.4 Å². The summed E-state index contributed by atoms with van der Waals surface area (Å²) in [5.41, 5.74) is 0. The molecule has 0 spiro atoms. The molecule has 350 valence electrons. The summed E-state index contributed by atoms with van der Waals surface area (Å²) < 4.78 is 16.7. The van der Waals surface area contributed by atoms with Gasteiger partial charge in [-0.15, -0.1) is 0 Å². The monoisotopic (exact) mass is 859 g/mol. The third-order valence-corrected chi connectivity index (χ3v) is 10.1. The van der Waals surface area contributed by atoms with Crippen LogP contribution in [0.1, 0.15) is 207 Å². The van der Waals surface area contributed by atoms with E-state index in [-0.39, 0.29) is 31.1 Å². The van der Waals surface area contributed by atoms with Gasteiger partial charge >= 0.3 is 17.9 Å². The van der Waals surface area contributed by atoms with Crippen molar-refractivity contribution in [2.45, 2.75) is 213 Å². The highest BCUT2D eigenvalue weighted by Gasteiger charge is 2.19. The van der Waals surface area contributed by atoms with Gasteiger partial charge in [-0.05, 0) is 96.3 Å². The molecule has 6 heteroatoms. The SMILES string of the molecule is CC/C=C\C/C=C\CCCCC(=O)OCC(COC(=O)CCCCCCC\C=C/C=C\C=C/C=C\C=C/CCC)OC(=O)CCCCCCCCC/C=C\C/C=C\CCCCC. The predicted molar refractivity (Wildman–Crippen MR) is 265 cm³/mol. The molecule has 0 aliphatic rings. The van der Waals surface area contributed by atoms with Crippen LogP contribution in [0.25, 0.3) is 0 Å². The van der Waals surface area contributed by atoms with Crippen molar-refractivity contribution in [2.75, 3.05) is 13.2 Å². The van der Waals surface area contributed by atoms with Crippen LogP contribution in [0.2, 0.25) is 0 Å². The summed E-state index contributed by atoms with van der Waals surface area (Å²) in [5, 5.41) is 0. The zero-order valence-electron chi connectivity index (χ0n) is 39.8. The van der Waals surface area contributed by atoms with Crippen LogP contribution in [0.4, 0.5) is 0 Å². The lowest BCUT2D eigenvalue weighted by molar-refractivity contribution is -0.167. The normalized spacial score (nSPS) is 13.0. The number of rotatable bonds is 43. The maximum absolute atomic E-state index is 12.8. The van der Waals surface area contributed by atoms with Crippen LogP contribution in [0.3, 0.4) is 0 Å². The molecular formula is C56H90O6. The molecule has 0 aromatic heterocycles. The second-order valence-corrected chi connectivity index (χ2v) is 16.1. The minimum absolute atomic E-state index is 0.107. The van der Waals surface area contributed by atoms with Gasteiger partial charge in [-0.1, -0.05) is 201 Å². The fourth-order valence-electron chi connectivity index (χ4n) is 6.36. The zero-order chi connectivity index (χ0) is 45.1. The largest absolute Gasteiger partial charge is 0.462 e. The number of carbonyl (C=O) groups excluding carboxylic acids is 3. The molecule has 0 heterocycles. The fourth-order valence-corrected chi connectivity index (χ4v) is 6.36. The molecule has 0 saturated carbocycles. The number of ether oxygens (including phenoxy) is 3. The minimum Gasteiger partial charge on any atom is -0.462 e. The summed E-state index contributed by atoms with van der Waals surface area (Å²) in [6, 6.07) is 0. The fraction of sp³-hybridized carbons (Fsp3) is 0.625. The first kappa shape index (κ1) is 58.1. The first-order valence-corrected chi connectivity index (χ1v) is 25.0. The van der Waals surface area contributed by atoms with Crippen LogP contribution in [0, 0.1) is 0 Å². The van der Waals surface area contributed by atoms with Gasteiger partial charge < -0.3 is 14.2 Å². The molecule has 62 heavy (non-hydrogen) atoms. The minimum atomic E-state index is -0.807. The van der Waals surface area contributed by atoms with Crippen molar-refractivity contribution >= 4 is 17.9 Å². The Hall–Kier alpha value is -3.93. The van der Waals surface area contributed by atoms with Crippen LogP contribution < -0.4 is 0 Å². The Morgan fingerprint density at radius 3 is 1.21 bits per heavy atom. The molecule has 0 N–H and O–H groups in total. The van der Waals surface area contributed by atoms with Crippen molar-refractivity contribution in [3.05, 3.63) is 109 Å². The standard InChI is InChI=1S/C56H90O6/c1-4-7-10-13-16-19-21-23-25-27-29-30-32-34-37-40-43-46-49-55(58)61-52-53(51-60-54(57)48-45-42-39-36-18-15-12-9-6-3)62-56(59)50-47-44-41-38-35-33-31-28-26-24-22-20-17-14-11-8-5-2/h9-10,12-13,16-21,23-27,29-30,36,53H,4-8,11,14-15,22,28,31-35,37-52H2,1-3H3/b12-9-,13-10-,19-16-,20-17-,23-21-,26-24-,27-25-,30-29-,36-18-. The molecule has 0 saturated heterocycles. The second kappa shape index (κ2) is 49.7. The van der Waals surface area contributed by atoms with E-state index >= 15 is 0 Å². The zero-order valence-corrected chi connectivity index (χ0v) is 39.8. The molecule has 0 aliphatic carbocycles. The van der Waals surface area contributed by atoms with E-state index in [9.17, 15) is 14.4 Å². The van der Waals surface area contributed by atoms with Crippen LogP contribution >= 0.6 is 0 Å². The lowest BCUT2D eigenvalue weighted by atomic mass is 10.1. The lowest BCUT2D eigenvalue weighted by Gasteiger charge is -2.18. The van der Waals surface area contributed by atoms with Crippen LogP contribution in [0.15, 0.2) is 109 Å². The smallest absolute Gasteiger partial charge is 0.306 e. The van der Waals surface area contributed by atoms with Crippen molar-refractivity contribution in [2.24, 2.45) is 0 Å². The van der Waals surface area contributed by atoms with Gasteiger partial charge in [-0.25, -0.2) is 0 Å². The number of allylic oxidation sites excluding steroid dienone is 18. The molecule has 0 aromatic rings. The van der Waals surface area contributed by atoms with Gasteiger partial charge in [-0.2, -0.15) is 0 Å². The van der Waals surface area contributed by atoms with Crippen LogP contribution in [-0.4, -0.2) is 37.2 Å². The van der Waals surface area contributed by atoms with Crippen molar-refractivity contribution < 1.29 is 28.6 Å². The van der Waals surface area contributed by atoms with Gasteiger partial charge in [0, 0.05) is 19.3 Å². The molecule has 6 nitrogen and oxygen atoms in total. The summed E-state index contributed by atoms with van der Waals surface area (Å²) in [7, 11) is 0. The second-order valence-electron chi connectivity index (χ2n) is 16.1. The van der Waals surface area contributed by atoms with E-state index in [0.717, 1.165) is 109 Å². The van der Waals surface area contributed by atoms with E-state index in [0.29, 0.717) is 19.3 Å². The molecule has 0 aromatic carbocycles. The van der Waals surface area contributed by atoms with Crippen molar-refractivity contribution in [1.29, 1.82) is 0 Å². The molecule has 0 bridgehead atoms. The van der Waals surface area contributed by atoms with E-state index in [1.54, 1.807) is 0 Å². The van der Waals surface area contributed by atoms with E-state index in [2.05, 4.69) is 93.7 Å². The van der Waals surface area contributed by atoms with Gasteiger partial charge in [0.25, 0.3) is 0 Å². The first-order valence-electron chi connectivity index (χ1n) is 25.0. The van der Waals surface area contributed by atoms with E-state index in [4.69, 9.17) is 14.2 Å². The average molecular weight is 859 g/mol. The van der Waals surface area contributed by atoms with Crippen molar-refractivity contribution in [3.8, 4) is 0 Å². The third-order valence-electron chi connectivity index (χ3n) is 10.1. The number of carbonyl (C=O) groups is 3. The predicted octanol–water partition coefficient (Wildman–Crippen LogP) is 16.4. The Morgan fingerprint density at radius 1 is 0.355 bits per heavy atom. The Balaban J connectivity index is 4.44. The summed E-state index contributed by atoms with van der Waals surface area (Å²) in [6.45, 7) is 6.32. The highest BCUT2D eigenvalue weighted by molar-refractivity contribution is 5.71. The molecule has 0 aliphatic heterocycles. The Morgan fingerprint density at radius 2 is 0.726 bits per heavy atom. The van der Waals surface area contributed by atoms with Gasteiger partial charge in [0.1, 0.15) is 13.2 Å². The molecule has 0 fully saturated rings. The summed E-state index contributed by atoms with van der Waals surface area (Å²) >= 11 is 0. The molecular weight excluding hydrogens is 769 g/mol. The lowest BCUT2D eigenvalue weighted by Crippen LogP contribution is -2.30. The summed E-state index contributed by atoms with van der Waals surface area (Å²) in [6.07, 6.45) is 66.5. The number of hydrogen-bond acceptors (Lipinski definition) is 6. The quantitative estimate of drug-likeness (QED) is 0.0200. The van der Waals surface area contributed by atoms with Crippen molar-refractivity contribution in [1.82, 2.24) is 0 Å². The number of hydrogen-bond donors (Lipinski definition) is 0. The Bertz CT molecular complexity index is 1310. The number of unbranched alkanes of at least 4 members (excludes halogenated alkanes) is 18.